The van der Waals surface area contributed by atoms with Crippen LogP contribution >= 0.6 is 0 Å². The summed E-state index contributed by atoms with van der Waals surface area (Å²) in [7, 11) is 0. The molecule has 0 aliphatic carbocycles. The summed E-state index contributed by atoms with van der Waals surface area (Å²) in [6.45, 7) is 0.657. The van der Waals surface area contributed by atoms with Gasteiger partial charge in [-0.25, -0.2) is 0 Å². The van der Waals surface area contributed by atoms with Crippen LogP contribution in [0.3, 0.4) is 0 Å². The number of aliphatic hydroxyl groups is 1. The van der Waals surface area contributed by atoms with Gasteiger partial charge in [-0.15, -0.1) is 0 Å². The first kappa shape index (κ1) is 13.8. The minimum atomic E-state index is -0.796. The predicted octanol–water partition coefficient (Wildman–Crippen LogP) is 2.38. The molecule has 1 unspecified atom stereocenters. The predicted molar refractivity (Wildman–Crippen MR) is 69.1 cm³/mol. The molecule has 1 aliphatic rings. The van der Waals surface area contributed by atoms with Crippen LogP contribution < -0.4 is 0 Å². The topological polar surface area (TPSA) is 87.5 Å². The van der Waals surface area contributed by atoms with Crippen molar-refractivity contribution in [2.24, 2.45) is 5.11 Å². The number of hydrogen-bond acceptors (Lipinski definition) is 4. The Labute approximate surface area is 111 Å². The summed E-state index contributed by atoms with van der Waals surface area (Å²) in [6.07, 6.45) is -0.112. The number of nitrogens with zero attached hydrogens (tertiary/aromatic N) is 3. The van der Waals surface area contributed by atoms with Crippen LogP contribution in [0.5, 0.6) is 0 Å². The second-order valence-corrected chi connectivity index (χ2v) is 4.46. The van der Waals surface area contributed by atoms with Gasteiger partial charge in [-0.05, 0) is 17.5 Å². The van der Waals surface area contributed by atoms with Crippen molar-refractivity contribution in [2.45, 2.75) is 37.9 Å². The second-order valence-electron chi connectivity index (χ2n) is 4.46. The Morgan fingerprint density at radius 3 is 2.89 bits per heavy atom. The molecule has 1 aromatic rings. The molecular weight excluding hydrogens is 246 g/mol. The van der Waals surface area contributed by atoms with Gasteiger partial charge in [0.1, 0.15) is 0 Å². The molecule has 6 nitrogen and oxygen atoms in total. The molecule has 0 bridgehead atoms. The Bertz CT molecular complexity index is 434. The summed E-state index contributed by atoms with van der Waals surface area (Å²) < 4.78 is 11.2. The summed E-state index contributed by atoms with van der Waals surface area (Å²) in [5.41, 5.74) is 9.44. The van der Waals surface area contributed by atoms with E-state index in [1.807, 2.05) is 30.3 Å². The third kappa shape index (κ3) is 4.22. The van der Waals surface area contributed by atoms with Crippen molar-refractivity contribution in [3.05, 3.63) is 46.3 Å². The van der Waals surface area contributed by atoms with Crippen molar-refractivity contribution >= 4 is 0 Å². The van der Waals surface area contributed by atoms with E-state index < -0.39 is 6.29 Å². The summed E-state index contributed by atoms with van der Waals surface area (Å²) in [6, 6.07) is 9.84. The summed E-state index contributed by atoms with van der Waals surface area (Å²) >= 11 is 0. The van der Waals surface area contributed by atoms with Gasteiger partial charge in [0.05, 0.1) is 25.4 Å². The van der Waals surface area contributed by atoms with Gasteiger partial charge in [-0.2, -0.15) is 0 Å². The van der Waals surface area contributed by atoms with E-state index in [1.54, 1.807) is 0 Å². The van der Waals surface area contributed by atoms with E-state index in [1.165, 1.54) is 0 Å². The Kier molecular flexibility index (Phi) is 5.18. The molecule has 1 aromatic carbocycles. The first-order valence-electron chi connectivity index (χ1n) is 6.29. The number of rotatable bonds is 5. The highest BCUT2D eigenvalue weighted by Gasteiger charge is 2.30. The molecule has 1 N–H and O–H groups in total. The van der Waals surface area contributed by atoms with Gasteiger partial charge >= 0.3 is 0 Å². The van der Waals surface area contributed by atoms with Crippen LogP contribution in [0.15, 0.2) is 35.4 Å². The van der Waals surface area contributed by atoms with Crippen molar-refractivity contribution in [2.75, 3.05) is 6.54 Å². The van der Waals surface area contributed by atoms with Crippen molar-refractivity contribution in [3.63, 3.8) is 0 Å². The smallest absolute Gasteiger partial charge is 0.155 e. The Hall–Kier alpha value is -1.59. The number of hydrogen-bond donors (Lipinski definition) is 1. The number of azide groups is 1. The van der Waals surface area contributed by atoms with Gasteiger partial charge in [0.15, 0.2) is 6.29 Å². The highest BCUT2D eigenvalue weighted by molar-refractivity contribution is 5.13. The van der Waals surface area contributed by atoms with E-state index >= 15 is 0 Å². The highest BCUT2D eigenvalue weighted by atomic mass is 16.6. The van der Waals surface area contributed by atoms with Crippen LogP contribution in [0.1, 0.15) is 18.4 Å². The number of ether oxygens (including phenoxy) is 2. The Morgan fingerprint density at radius 2 is 2.16 bits per heavy atom. The largest absolute Gasteiger partial charge is 0.371 e. The molecular formula is C13H17N3O3. The maximum absolute atomic E-state index is 9.47. The van der Waals surface area contributed by atoms with Gasteiger partial charge in [0.25, 0.3) is 0 Å². The zero-order valence-electron chi connectivity index (χ0n) is 10.6. The third-order valence-corrected chi connectivity index (χ3v) is 3.08. The van der Waals surface area contributed by atoms with Crippen molar-refractivity contribution in [1.82, 2.24) is 0 Å². The molecule has 2 rings (SSSR count). The molecule has 0 radical (unpaired) electrons. The molecule has 0 aromatic heterocycles. The van der Waals surface area contributed by atoms with Gasteiger partial charge in [-0.3, -0.25) is 0 Å². The normalized spacial score (nSPS) is 26.7. The minimum Gasteiger partial charge on any atom is -0.371 e. The van der Waals surface area contributed by atoms with Crippen molar-refractivity contribution in [3.8, 4) is 0 Å². The molecule has 0 amide bonds. The van der Waals surface area contributed by atoms with Crippen molar-refractivity contribution < 1.29 is 14.6 Å². The maximum Gasteiger partial charge on any atom is 0.155 e. The molecule has 1 heterocycles. The Morgan fingerprint density at radius 1 is 1.37 bits per heavy atom. The molecule has 0 spiro atoms. The SMILES string of the molecule is [N-]=[N+]=NC[C@H]1OC(O)CC[C@H]1OCc1ccccc1. The monoisotopic (exact) mass is 263 g/mol. The van der Waals surface area contributed by atoms with Crippen LogP contribution in [-0.4, -0.2) is 30.1 Å². The highest BCUT2D eigenvalue weighted by Crippen LogP contribution is 2.22. The molecule has 19 heavy (non-hydrogen) atoms. The molecule has 6 heteroatoms. The fourth-order valence-corrected chi connectivity index (χ4v) is 2.10. The van der Waals surface area contributed by atoms with E-state index in [2.05, 4.69) is 10.0 Å². The van der Waals surface area contributed by atoms with Crippen molar-refractivity contribution in [1.29, 1.82) is 0 Å². The van der Waals surface area contributed by atoms with E-state index in [9.17, 15) is 5.11 Å². The minimum absolute atomic E-state index is 0.158. The van der Waals surface area contributed by atoms with Gasteiger partial charge in [0.2, 0.25) is 0 Å². The van der Waals surface area contributed by atoms with Crippen LogP contribution in [0, 0.1) is 0 Å². The first-order chi connectivity index (χ1) is 9.29. The van der Waals surface area contributed by atoms with E-state index in [0.717, 1.165) is 5.56 Å². The average molecular weight is 263 g/mol. The van der Waals surface area contributed by atoms with E-state index in [4.69, 9.17) is 15.0 Å². The standard InChI is InChI=1S/C13H17N3O3/c14-16-15-8-12-11(6-7-13(17)19-12)18-9-10-4-2-1-3-5-10/h1-5,11-13,17H,6-9H2/t11-,12-,13?/m1/s1. The Balaban J connectivity index is 1.90. The quantitative estimate of drug-likeness (QED) is 0.502. The molecule has 3 atom stereocenters. The lowest BCUT2D eigenvalue weighted by molar-refractivity contribution is -0.207. The van der Waals surface area contributed by atoms with Crippen LogP contribution in [-0.2, 0) is 16.1 Å². The van der Waals surface area contributed by atoms with Crippen LogP contribution in [0.4, 0.5) is 0 Å². The van der Waals surface area contributed by atoms with Crippen LogP contribution in [0.25, 0.3) is 10.4 Å². The number of aliphatic hydroxyl groups excluding tert-OH is 1. The van der Waals surface area contributed by atoms with E-state index in [-0.39, 0.29) is 18.8 Å². The third-order valence-electron chi connectivity index (χ3n) is 3.08. The maximum atomic E-state index is 9.47. The summed E-state index contributed by atoms with van der Waals surface area (Å²) in [4.78, 5) is 2.72. The lowest BCUT2D eigenvalue weighted by Gasteiger charge is -2.33. The van der Waals surface area contributed by atoms with Gasteiger partial charge < -0.3 is 14.6 Å². The fourth-order valence-electron chi connectivity index (χ4n) is 2.10. The zero-order chi connectivity index (χ0) is 13.5. The number of benzene rings is 1. The molecule has 1 fully saturated rings. The molecule has 1 aliphatic heterocycles. The van der Waals surface area contributed by atoms with Gasteiger partial charge in [-0.1, -0.05) is 35.4 Å². The lowest BCUT2D eigenvalue weighted by Crippen LogP contribution is -2.42. The molecule has 0 saturated carbocycles. The lowest BCUT2D eigenvalue weighted by atomic mass is 10.0. The summed E-state index contributed by atoms with van der Waals surface area (Å²) in [5, 5.41) is 13.0. The second kappa shape index (κ2) is 7.11. The first-order valence-corrected chi connectivity index (χ1v) is 6.29. The molecule has 102 valence electrons. The molecule has 1 saturated heterocycles. The van der Waals surface area contributed by atoms with Gasteiger partial charge in [0, 0.05) is 11.3 Å². The van der Waals surface area contributed by atoms with E-state index in [0.29, 0.717) is 19.4 Å². The zero-order valence-corrected chi connectivity index (χ0v) is 10.6. The average Bonchev–Trinajstić information content (AvgIpc) is 2.45. The summed E-state index contributed by atoms with van der Waals surface area (Å²) in [5.74, 6) is 0. The van der Waals surface area contributed by atoms with Crippen LogP contribution in [0.2, 0.25) is 0 Å². The fraction of sp³-hybridized carbons (Fsp3) is 0.538.